The van der Waals surface area contributed by atoms with Crippen LogP contribution in [0.3, 0.4) is 0 Å². The van der Waals surface area contributed by atoms with Crippen LogP contribution in [0.5, 0.6) is 0 Å². The number of amides is 1. The number of aromatic nitrogens is 3. The summed E-state index contributed by atoms with van der Waals surface area (Å²) in [6, 6.07) is 7.07. The van der Waals surface area contributed by atoms with Gasteiger partial charge in [-0.25, -0.2) is 4.68 Å². The predicted molar refractivity (Wildman–Crippen MR) is 76.0 cm³/mol. The monoisotopic (exact) mass is 304 g/mol. The van der Waals surface area contributed by atoms with Crippen LogP contribution in [0.15, 0.2) is 30.5 Å². The topological polar surface area (TPSA) is 106 Å². The van der Waals surface area contributed by atoms with Crippen molar-refractivity contribution in [1.82, 2.24) is 20.3 Å². The highest BCUT2D eigenvalue weighted by atomic mass is 16.5. The Morgan fingerprint density at radius 1 is 1.32 bits per heavy atom. The third-order valence-electron chi connectivity index (χ3n) is 2.84. The molecular formula is C14H16N4O4. The van der Waals surface area contributed by atoms with Crippen molar-refractivity contribution in [1.29, 1.82) is 0 Å². The van der Waals surface area contributed by atoms with Gasteiger partial charge in [0.05, 0.1) is 19.3 Å². The Labute approximate surface area is 126 Å². The van der Waals surface area contributed by atoms with E-state index in [4.69, 9.17) is 9.84 Å². The second-order valence-corrected chi connectivity index (χ2v) is 4.61. The van der Waals surface area contributed by atoms with Crippen LogP contribution in [0.2, 0.25) is 0 Å². The second-order valence-electron chi connectivity index (χ2n) is 4.61. The first-order chi connectivity index (χ1) is 10.6. The molecule has 0 aliphatic rings. The quantitative estimate of drug-likeness (QED) is 0.768. The van der Waals surface area contributed by atoms with E-state index in [-0.39, 0.29) is 19.0 Å². The summed E-state index contributed by atoms with van der Waals surface area (Å²) in [5.74, 6) is -1.24. The van der Waals surface area contributed by atoms with Gasteiger partial charge >= 0.3 is 5.97 Å². The fourth-order valence-electron chi connectivity index (χ4n) is 1.83. The van der Waals surface area contributed by atoms with E-state index in [1.807, 2.05) is 12.1 Å². The lowest BCUT2D eigenvalue weighted by molar-refractivity contribution is -0.137. The largest absolute Gasteiger partial charge is 0.480 e. The molecule has 1 heterocycles. The summed E-state index contributed by atoms with van der Waals surface area (Å²) in [5, 5.41) is 18.8. The van der Waals surface area contributed by atoms with Crippen LogP contribution in [0, 0.1) is 0 Å². The van der Waals surface area contributed by atoms with Crippen LogP contribution in [0.25, 0.3) is 0 Å². The number of methoxy groups -OCH3 is 1. The van der Waals surface area contributed by atoms with Gasteiger partial charge in [0.15, 0.2) is 0 Å². The van der Waals surface area contributed by atoms with Crippen LogP contribution >= 0.6 is 0 Å². The molecule has 0 spiro atoms. The lowest BCUT2D eigenvalue weighted by atomic mass is 10.1. The highest BCUT2D eigenvalue weighted by Crippen LogP contribution is 2.05. The van der Waals surface area contributed by atoms with Gasteiger partial charge in [0, 0.05) is 12.7 Å². The average molecular weight is 304 g/mol. The van der Waals surface area contributed by atoms with E-state index in [2.05, 4.69) is 15.6 Å². The number of nitrogens with zero attached hydrogens (tertiary/aromatic N) is 3. The highest BCUT2D eigenvalue weighted by Gasteiger charge is 2.08. The Bertz CT molecular complexity index is 651. The van der Waals surface area contributed by atoms with Crippen molar-refractivity contribution in [3.8, 4) is 0 Å². The predicted octanol–water partition coefficient (Wildman–Crippen LogP) is 0.439. The van der Waals surface area contributed by atoms with Gasteiger partial charge in [-0.1, -0.05) is 17.3 Å². The van der Waals surface area contributed by atoms with Crippen LogP contribution in [0.4, 0.5) is 0 Å². The summed E-state index contributed by atoms with van der Waals surface area (Å²) >= 11 is 0. The van der Waals surface area contributed by atoms with Gasteiger partial charge in [-0.05, 0) is 17.7 Å². The molecule has 0 saturated heterocycles. The lowest BCUT2D eigenvalue weighted by Crippen LogP contribution is -2.23. The van der Waals surface area contributed by atoms with Crippen molar-refractivity contribution < 1.29 is 19.4 Å². The summed E-state index contributed by atoms with van der Waals surface area (Å²) in [6.07, 6.45) is 1.48. The minimum atomic E-state index is -1.00. The Morgan fingerprint density at radius 3 is 2.68 bits per heavy atom. The van der Waals surface area contributed by atoms with Crippen LogP contribution < -0.4 is 5.32 Å². The number of hydrogen-bond acceptors (Lipinski definition) is 5. The average Bonchev–Trinajstić information content (AvgIpc) is 2.92. The first-order valence-corrected chi connectivity index (χ1v) is 6.55. The molecule has 1 aromatic carbocycles. The van der Waals surface area contributed by atoms with E-state index < -0.39 is 5.97 Å². The molecule has 1 amide bonds. The first kappa shape index (κ1) is 15.6. The van der Waals surface area contributed by atoms with E-state index >= 15 is 0 Å². The Kier molecular flexibility index (Phi) is 5.21. The number of ether oxygens (including phenoxy) is 1. The zero-order valence-electron chi connectivity index (χ0n) is 12.0. The number of aliphatic carboxylic acids is 1. The standard InChI is InChI=1S/C14H16N4O4/c1-22-9-10-2-4-11(5-3-10)14(21)15-6-12-7-18(17-16-12)8-13(19)20/h2-5,7H,6,8-9H2,1H3,(H,15,21)(H,19,20). The van der Waals surface area contributed by atoms with Crippen molar-refractivity contribution in [2.45, 2.75) is 19.7 Å². The summed E-state index contributed by atoms with van der Waals surface area (Å²) in [5.41, 5.74) is 2.00. The fourth-order valence-corrected chi connectivity index (χ4v) is 1.83. The van der Waals surface area contributed by atoms with E-state index in [9.17, 15) is 9.59 Å². The van der Waals surface area contributed by atoms with Crippen molar-refractivity contribution in [3.63, 3.8) is 0 Å². The molecule has 0 aliphatic carbocycles. The normalized spacial score (nSPS) is 10.4. The Morgan fingerprint density at radius 2 is 2.05 bits per heavy atom. The molecule has 1 aromatic heterocycles. The number of carboxylic acids is 1. The van der Waals surface area contributed by atoms with Crippen molar-refractivity contribution >= 4 is 11.9 Å². The van der Waals surface area contributed by atoms with Gasteiger partial charge in [-0.3, -0.25) is 9.59 Å². The zero-order valence-corrected chi connectivity index (χ0v) is 12.0. The number of carbonyl (C=O) groups excluding carboxylic acids is 1. The molecule has 2 rings (SSSR count). The summed E-state index contributed by atoms with van der Waals surface area (Å²) < 4.78 is 6.20. The SMILES string of the molecule is COCc1ccc(C(=O)NCc2cn(CC(=O)O)nn2)cc1. The maximum atomic E-state index is 12.0. The summed E-state index contributed by atoms with van der Waals surface area (Å²) in [6.45, 7) is 0.411. The zero-order chi connectivity index (χ0) is 15.9. The number of benzene rings is 1. The molecule has 8 heteroatoms. The number of carbonyl (C=O) groups is 2. The van der Waals surface area contributed by atoms with Gasteiger partial charge < -0.3 is 15.2 Å². The molecule has 0 aliphatic heterocycles. The molecule has 0 unspecified atom stereocenters. The van der Waals surface area contributed by atoms with Crippen molar-refractivity contribution in [3.05, 3.63) is 47.3 Å². The molecular weight excluding hydrogens is 288 g/mol. The third kappa shape index (κ3) is 4.38. The van der Waals surface area contributed by atoms with Gasteiger partial charge in [-0.15, -0.1) is 5.10 Å². The van der Waals surface area contributed by atoms with Gasteiger partial charge in [0.2, 0.25) is 0 Å². The molecule has 0 bridgehead atoms. The highest BCUT2D eigenvalue weighted by molar-refractivity contribution is 5.94. The molecule has 8 nitrogen and oxygen atoms in total. The van der Waals surface area contributed by atoms with E-state index in [0.29, 0.717) is 17.9 Å². The Hall–Kier alpha value is -2.74. The van der Waals surface area contributed by atoms with E-state index in [0.717, 1.165) is 5.56 Å². The van der Waals surface area contributed by atoms with E-state index in [1.54, 1.807) is 19.2 Å². The molecule has 22 heavy (non-hydrogen) atoms. The summed E-state index contributed by atoms with van der Waals surface area (Å²) in [7, 11) is 1.61. The van der Waals surface area contributed by atoms with Gasteiger partial charge in [0.1, 0.15) is 12.2 Å². The minimum absolute atomic E-state index is 0.179. The van der Waals surface area contributed by atoms with Crippen molar-refractivity contribution in [2.24, 2.45) is 0 Å². The maximum absolute atomic E-state index is 12.0. The maximum Gasteiger partial charge on any atom is 0.325 e. The molecule has 0 atom stereocenters. The number of rotatable bonds is 7. The fraction of sp³-hybridized carbons (Fsp3) is 0.286. The number of nitrogens with one attached hydrogen (secondary N) is 1. The smallest absolute Gasteiger partial charge is 0.325 e. The third-order valence-corrected chi connectivity index (χ3v) is 2.84. The first-order valence-electron chi connectivity index (χ1n) is 6.55. The molecule has 0 radical (unpaired) electrons. The molecule has 0 fully saturated rings. The summed E-state index contributed by atoms with van der Waals surface area (Å²) in [4.78, 5) is 22.5. The van der Waals surface area contributed by atoms with E-state index in [1.165, 1.54) is 10.9 Å². The lowest BCUT2D eigenvalue weighted by Gasteiger charge is -2.04. The van der Waals surface area contributed by atoms with Crippen LogP contribution in [-0.2, 0) is 29.2 Å². The number of hydrogen-bond donors (Lipinski definition) is 2. The molecule has 2 aromatic rings. The second kappa shape index (κ2) is 7.32. The number of carboxylic acid groups (broad SMARTS) is 1. The Balaban J connectivity index is 1.89. The minimum Gasteiger partial charge on any atom is -0.480 e. The van der Waals surface area contributed by atoms with Crippen LogP contribution in [0.1, 0.15) is 21.6 Å². The molecule has 0 saturated carbocycles. The van der Waals surface area contributed by atoms with Crippen LogP contribution in [-0.4, -0.2) is 39.1 Å². The molecule has 2 N–H and O–H groups in total. The van der Waals surface area contributed by atoms with Gasteiger partial charge in [-0.2, -0.15) is 0 Å². The van der Waals surface area contributed by atoms with Crippen molar-refractivity contribution in [2.75, 3.05) is 7.11 Å². The van der Waals surface area contributed by atoms with Gasteiger partial charge in [0.25, 0.3) is 5.91 Å². The molecule has 116 valence electrons.